The highest BCUT2D eigenvalue weighted by atomic mass is 19.1. The molecule has 102 valence electrons. The molecule has 6 heteroatoms. The molecule has 2 rings (SSSR count). The summed E-state index contributed by atoms with van der Waals surface area (Å²) in [6.45, 7) is -0.0700. The van der Waals surface area contributed by atoms with Gasteiger partial charge in [-0.2, -0.15) is 0 Å². The van der Waals surface area contributed by atoms with Gasteiger partial charge in [-0.3, -0.25) is 4.79 Å². The van der Waals surface area contributed by atoms with Gasteiger partial charge in [-0.25, -0.2) is 9.38 Å². The number of guanidine groups is 1. The fraction of sp³-hybridized carbons (Fsp3) is 0.385. The molecule has 0 bridgehead atoms. The minimum Gasteiger partial charge on any atom is -0.370 e. The third kappa shape index (κ3) is 3.94. The molecule has 0 saturated heterocycles. The van der Waals surface area contributed by atoms with Crippen LogP contribution in [0, 0.1) is 5.82 Å². The van der Waals surface area contributed by atoms with Gasteiger partial charge in [0.15, 0.2) is 5.96 Å². The molecule has 0 spiro atoms. The Hall–Kier alpha value is -2.11. The number of aliphatic imine (C=N–C) groups is 1. The maximum absolute atomic E-state index is 12.9. The normalized spacial score (nSPS) is 15.2. The van der Waals surface area contributed by atoms with Gasteiger partial charge < -0.3 is 16.0 Å². The van der Waals surface area contributed by atoms with Crippen molar-refractivity contribution in [1.82, 2.24) is 4.90 Å². The van der Waals surface area contributed by atoms with Crippen molar-refractivity contribution in [2.75, 3.05) is 18.9 Å². The Morgan fingerprint density at radius 2 is 2.32 bits per heavy atom. The number of nitrogens with two attached hydrogens (primary N) is 1. The Morgan fingerprint density at radius 3 is 2.95 bits per heavy atom. The zero-order chi connectivity index (χ0) is 13.8. The standard InChI is InChI=1S/C13H17FN4O/c1-18(11-5-6-11)13(15)16-8-12(19)17-10-4-2-3-9(14)7-10/h2-4,7,11H,5-6,8H2,1H3,(H2,15,16)(H,17,19). The van der Waals surface area contributed by atoms with E-state index in [2.05, 4.69) is 10.3 Å². The van der Waals surface area contributed by atoms with Gasteiger partial charge in [-0.1, -0.05) is 6.07 Å². The maximum atomic E-state index is 12.9. The summed E-state index contributed by atoms with van der Waals surface area (Å²) in [5.74, 6) is -0.357. The van der Waals surface area contributed by atoms with Crippen LogP contribution < -0.4 is 11.1 Å². The molecule has 0 heterocycles. The van der Waals surface area contributed by atoms with Crippen molar-refractivity contribution >= 4 is 17.6 Å². The first-order valence-corrected chi connectivity index (χ1v) is 6.14. The predicted molar refractivity (Wildman–Crippen MR) is 72.3 cm³/mol. The van der Waals surface area contributed by atoms with Crippen LogP contribution in [0.15, 0.2) is 29.3 Å². The largest absolute Gasteiger partial charge is 0.370 e. The molecule has 0 atom stereocenters. The molecule has 1 aliphatic carbocycles. The maximum Gasteiger partial charge on any atom is 0.246 e. The van der Waals surface area contributed by atoms with E-state index >= 15 is 0 Å². The van der Waals surface area contributed by atoms with Gasteiger partial charge in [0.25, 0.3) is 0 Å². The number of rotatable bonds is 4. The minimum absolute atomic E-state index is 0.0700. The third-order valence-electron chi connectivity index (χ3n) is 2.95. The molecule has 19 heavy (non-hydrogen) atoms. The Bertz CT molecular complexity index is 499. The number of benzene rings is 1. The van der Waals surface area contributed by atoms with Gasteiger partial charge in [-0.15, -0.1) is 0 Å². The highest BCUT2D eigenvalue weighted by molar-refractivity contribution is 5.93. The fourth-order valence-electron chi connectivity index (χ4n) is 1.68. The van der Waals surface area contributed by atoms with Crippen LogP contribution in [0.5, 0.6) is 0 Å². The quantitative estimate of drug-likeness (QED) is 0.633. The second kappa shape index (κ2) is 5.69. The lowest BCUT2D eigenvalue weighted by atomic mass is 10.3. The summed E-state index contributed by atoms with van der Waals surface area (Å²) < 4.78 is 12.9. The van der Waals surface area contributed by atoms with Crippen molar-refractivity contribution < 1.29 is 9.18 Å². The van der Waals surface area contributed by atoms with E-state index in [1.165, 1.54) is 18.2 Å². The van der Waals surface area contributed by atoms with E-state index in [1.807, 2.05) is 11.9 Å². The summed E-state index contributed by atoms with van der Waals surface area (Å²) in [5.41, 5.74) is 6.17. The summed E-state index contributed by atoms with van der Waals surface area (Å²) >= 11 is 0. The second-order valence-electron chi connectivity index (χ2n) is 4.58. The highest BCUT2D eigenvalue weighted by Crippen LogP contribution is 2.24. The van der Waals surface area contributed by atoms with Crippen LogP contribution in [0.1, 0.15) is 12.8 Å². The van der Waals surface area contributed by atoms with Crippen LogP contribution in [0.2, 0.25) is 0 Å². The zero-order valence-electron chi connectivity index (χ0n) is 10.8. The van der Waals surface area contributed by atoms with E-state index in [0.717, 1.165) is 12.8 Å². The molecule has 5 nitrogen and oxygen atoms in total. The SMILES string of the molecule is CN(C(N)=NCC(=O)Nc1cccc(F)c1)C1CC1. The molecule has 0 radical (unpaired) electrons. The van der Waals surface area contributed by atoms with E-state index in [1.54, 1.807) is 6.07 Å². The van der Waals surface area contributed by atoms with Crippen molar-refractivity contribution in [3.8, 4) is 0 Å². The van der Waals surface area contributed by atoms with Crippen LogP contribution in [0.3, 0.4) is 0 Å². The molecule has 1 aromatic carbocycles. The van der Waals surface area contributed by atoms with Gasteiger partial charge in [0.05, 0.1) is 0 Å². The molecular formula is C13H17FN4O. The Labute approximate surface area is 111 Å². The first-order valence-electron chi connectivity index (χ1n) is 6.14. The molecule has 0 aromatic heterocycles. The summed E-state index contributed by atoms with van der Waals surface area (Å²) in [4.78, 5) is 17.5. The Kier molecular flexibility index (Phi) is 3.99. The molecule has 1 amide bonds. The minimum atomic E-state index is -0.394. The van der Waals surface area contributed by atoms with Crippen LogP contribution in [-0.2, 0) is 4.79 Å². The number of anilines is 1. The number of halogens is 1. The molecule has 1 fully saturated rings. The number of nitrogens with zero attached hydrogens (tertiary/aromatic N) is 2. The average molecular weight is 264 g/mol. The molecule has 1 aromatic rings. The number of hydrogen-bond donors (Lipinski definition) is 2. The van der Waals surface area contributed by atoms with Crippen LogP contribution in [-0.4, -0.2) is 36.4 Å². The smallest absolute Gasteiger partial charge is 0.246 e. The lowest BCUT2D eigenvalue weighted by molar-refractivity contribution is -0.114. The summed E-state index contributed by atoms with van der Waals surface area (Å²) in [6, 6.07) is 6.17. The molecule has 0 aliphatic heterocycles. The molecular weight excluding hydrogens is 247 g/mol. The van der Waals surface area contributed by atoms with E-state index in [0.29, 0.717) is 17.7 Å². The van der Waals surface area contributed by atoms with Gasteiger partial charge in [0.1, 0.15) is 12.4 Å². The highest BCUT2D eigenvalue weighted by Gasteiger charge is 2.27. The van der Waals surface area contributed by atoms with Gasteiger partial charge in [0.2, 0.25) is 5.91 Å². The average Bonchev–Trinajstić information content (AvgIpc) is 3.19. The first-order chi connectivity index (χ1) is 9.06. The molecule has 0 unspecified atom stereocenters. The number of nitrogens with one attached hydrogen (secondary N) is 1. The van der Waals surface area contributed by atoms with Crippen LogP contribution in [0.4, 0.5) is 10.1 Å². The van der Waals surface area contributed by atoms with Gasteiger partial charge >= 0.3 is 0 Å². The van der Waals surface area contributed by atoms with E-state index < -0.39 is 5.82 Å². The van der Waals surface area contributed by atoms with E-state index in [-0.39, 0.29) is 12.5 Å². The second-order valence-corrected chi connectivity index (χ2v) is 4.58. The van der Waals surface area contributed by atoms with E-state index in [9.17, 15) is 9.18 Å². The van der Waals surface area contributed by atoms with Crippen LogP contribution >= 0.6 is 0 Å². The number of amides is 1. The molecule has 3 N–H and O–H groups in total. The zero-order valence-corrected chi connectivity index (χ0v) is 10.8. The number of carbonyl (C=O) groups excluding carboxylic acids is 1. The third-order valence-corrected chi connectivity index (χ3v) is 2.95. The molecule has 1 saturated carbocycles. The lowest BCUT2D eigenvalue weighted by Gasteiger charge is -2.16. The van der Waals surface area contributed by atoms with Gasteiger partial charge in [0, 0.05) is 18.8 Å². The van der Waals surface area contributed by atoms with Crippen molar-refractivity contribution in [2.24, 2.45) is 10.7 Å². The van der Waals surface area contributed by atoms with E-state index in [4.69, 9.17) is 5.73 Å². The summed E-state index contributed by atoms with van der Waals surface area (Å²) in [5, 5.41) is 2.56. The predicted octanol–water partition coefficient (Wildman–Crippen LogP) is 1.17. The van der Waals surface area contributed by atoms with Crippen molar-refractivity contribution in [3.63, 3.8) is 0 Å². The van der Waals surface area contributed by atoms with Crippen molar-refractivity contribution in [2.45, 2.75) is 18.9 Å². The Balaban J connectivity index is 1.85. The molecule has 1 aliphatic rings. The topological polar surface area (TPSA) is 70.7 Å². The number of hydrogen-bond acceptors (Lipinski definition) is 2. The summed E-state index contributed by atoms with van der Waals surface area (Å²) in [7, 11) is 1.86. The van der Waals surface area contributed by atoms with Crippen LogP contribution in [0.25, 0.3) is 0 Å². The summed E-state index contributed by atoms with van der Waals surface area (Å²) in [6.07, 6.45) is 2.23. The Morgan fingerprint density at radius 1 is 1.58 bits per heavy atom. The lowest BCUT2D eigenvalue weighted by Crippen LogP contribution is -2.36. The van der Waals surface area contributed by atoms with Crippen molar-refractivity contribution in [3.05, 3.63) is 30.1 Å². The monoisotopic (exact) mass is 264 g/mol. The first kappa shape index (κ1) is 13.3. The van der Waals surface area contributed by atoms with Gasteiger partial charge in [-0.05, 0) is 31.0 Å². The van der Waals surface area contributed by atoms with Crippen molar-refractivity contribution in [1.29, 1.82) is 0 Å². The fourth-order valence-corrected chi connectivity index (χ4v) is 1.68. The number of carbonyl (C=O) groups is 1.